The van der Waals surface area contributed by atoms with Gasteiger partial charge in [0.1, 0.15) is 0 Å². The number of benzene rings is 2. The van der Waals surface area contributed by atoms with E-state index in [2.05, 4.69) is 76.0 Å². The van der Waals surface area contributed by atoms with Crippen LogP contribution in [0.25, 0.3) is 22.2 Å². The van der Waals surface area contributed by atoms with Crippen molar-refractivity contribution in [1.29, 1.82) is 0 Å². The maximum absolute atomic E-state index is 5.72. The largest absolute Gasteiger partial charge is 0.354 e. The topological polar surface area (TPSA) is 41.8 Å². The molecule has 0 atom stereocenters. The minimum Gasteiger partial charge on any atom is -0.354 e. The second kappa shape index (κ2) is 7.28. The number of aromatic amines is 1. The molecule has 0 aliphatic rings. The Kier molecular flexibility index (Phi) is 5.24. The lowest BCUT2D eigenvalue weighted by Gasteiger charge is -2.19. The summed E-state index contributed by atoms with van der Waals surface area (Å²) in [6.07, 6.45) is 3.26. The summed E-state index contributed by atoms with van der Waals surface area (Å²) in [5, 5.41) is 1.36. The Hall–Kier alpha value is -2.06. The molecule has 26 heavy (non-hydrogen) atoms. The molecule has 2 nitrogen and oxygen atoms in total. The first kappa shape index (κ1) is 18.7. The number of fused-ring (bicyclic) bond motifs is 1. The van der Waals surface area contributed by atoms with Crippen LogP contribution in [0.4, 0.5) is 0 Å². The molecule has 0 unspecified atom stereocenters. The molecule has 0 amide bonds. The number of nitrogens with one attached hydrogen (secondary N) is 1. The molecule has 3 rings (SSSR count). The van der Waals surface area contributed by atoms with Gasteiger partial charge < -0.3 is 10.7 Å². The van der Waals surface area contributed by atoms with Crippen LogP contribution in [0.1, 0.15) is 55.9 Å². The van der Waals surface area contributed by atoms with Crippen LogP contribution in [0.3, 0.4) is 0 Å². The highest BCUT2D eigenvalue weighted by atomic mass is 14.7. The Labute approximate surface area is 157 Å². The maximum atomic E-state index is 5.72. The van der Waals surface area contributed by atoms with E-state index in [0.717, 1.165) is 25.8 Å². The van der Waals surface area contributed by atoms with Crippen molar-refractivity contribution in [2.45, 2.75) is 59.3 Å². The lowest BCUT2D eigenvalue weighted by molar-refractivity contribution is 0.590. The molecule has 0 saturated heterocycles. The maximum Gasteiger partial charge on any atom is 0.0497 e. The molecule has 3 aromatic rings. The molecule has 1 aromatic heterocycles. The zero-order valence-corrected chi connectivity index (χ0v) is 16.9. The third-order valence-corrected chi connectivity index (χ3v) is 5.53. The Balaban J connectivity index is 2.11. The lowest BCUT2D eigenvalue weighted by atomic mass is 9.86. The van der Waals surface area contributed by atoms with E-state index >= 15 is 0 Å². The van der Waals surface area contributed by atoms with Crippen LogP contribution in [0.5, 0.6) is 0 Å². The highest BCUT2D eigenvalue weighted by Gasteiger charge is 2.17. The predicted octanol–water partition coefficient (Wildman–Crippen LogP) is 6.03. The van der Waals surface area contributed by atoms with Crippen molar-refractivity contribution in [1.82, 2.24) is 4.98 Å². The van der Waals surface area contributed by atoms with Crippen LogP contribution in [-0.4, -0.2) is 11.5 Å². The second-order valence-electron chi connectivity index (χ2n) is 8.48. The minimum absolute atomic E-state index is 0.177. The van der Waals surface area contributed by atoms with Crippen molar-refractivity contribution in [3.63, 3.8) is 0 Å². The molecule has 0 saturated carbocycles. The van der Waals surface area contributed by atoms with Gasteiger partial charge in [-0.1, -0.05) is 57.2 Å². The van der Waals surface area contributed by atoms with Gasteiger partial charge in [-0.05, 0) is 72.9 Å². The molecule has 0 spiro atoms. The van der Waals surface area contributed by atoms with Gasteiger partial charge >= 0.3 is 0 Å². The fourth-order valence-electron chi connectivity index (χ4n) is 3.65. The summed E-state index contributed by atoms with van der Waals surface area (Å²) in [5.74, 6) is 0. The van der Waals surface area contributed by atoms with Crippen LogP contribution < -0.4 is 5.73 Å². The van der Waals surface area contributed by atoms with Gasteiger partial charge in [-0.25, -0.2) is 0 Å². The monoisotopic (exact) mass is 348 g/mol. The van der Waals surface area contributed by atoms with E-state index < -0.39 is 0 Å². The summed E-state index contributed by atoms with van der Waals surface area (Å²) in [5.41, 5.74) is 15.2. The molecule has 2 aromatic carbocycles. The van der Waals surface area contributed by atoms with Gasteiger partial charge in [0.05, 0.1) is 0 Å². The number of unbranched alkanes of at least 4 members (excludes halogenated alkanes) is 1. The standard InChI is InChI=1S/C24H32N2/c1-16-9-14-21-20(8-6-7-15-25)23(26-22(21)17(16)2)18-10-12-19(13-11-18)24(3,4)5/h9-14,26H,6-8,15,25H2,1-5H3. The number of H-pyrrole nitrogens is 1. The molecule has 0 radical (unpaired) electrons. The fraction of sp³-hybridized carbons (Fsp3) is 0.417. The van der Waals surface area contributed by atoms with Crippen molar-refractivity contribution in [3.05, 3.63) is 58.7 Å². The zero-order chi connectivity index (χ0) is 18.9. The SMILES string of the molecule is Cc1ccc2c(CCCCN)c(-c3ccc(C(C)(C)C)cc3)[nH]c2c1C. The van der Waals surface area contributed by atoms with E-state index in [9.17, 15) is 0 Å². The van der Waals surface area contributed by atoms with E-state index in [0.29, 0.717) is 0 Å². The molecule has 0 fully saturated rings. The first-order valence-electron chi connectivity index (χ1n) is 9.74. The first-order valence-corrected chi connectivity index (χ1v) is 9.74. The number of aryl methyl sites for hydroxylation is 3. The molecule has 2 heteroatoms. The van der Waals surface area contributed by atoms with Gasteiger partial charge in [-0.15, -0.1) is 0 Å². The highest BCUT2D eigenvalue weighted by molar-refractivity contribution is 5.93. The van der Waals surface area contributed by atoms with Crippen molar-refractivity contribution in [2.24, 2.45) is 5.73 Å². The average Bonchev–Trinajstić information content (AvgIpc) is 2.97. The average molecular weight is 349 g/mol. The normalized spacial score (nSPS) is 12.1. The quantitative estimate of drug-likeness (QED) is 0.543. The molecule has 1 heterocycles. The number of hydrogen-bond acceptors (Lipinski definition) is 1. The molecule has 0 aliphatic heterocycles. The van der Waals surface area contributed by atoms with Crippen molar-refractivity contribution in [2.75, 3.05) is 6.54 Å². The summed E-state index contributed by atoms with van der Waals surface area (Å²) in [4.78, 5) is 3.74. The number of nitrogens with two attached hydrogens (primary N) is 1. The van der Waals surface area contributed by atoms with Crippen molar-refractivity contribution in [3.8, 4) is 11.3 Å². The zero-order valence-electron chi connectivity index (χ0n) is 16.9. The smallest absolute Gasteiger partial charge is 0.0497 e. The van der Waals surface area contributed by atoms with Gasteiger partial charge in [0.2, 0.25) is 0 Å². The summed E-state index contributed by atoms with van der Waals surface area (Å²) in [6.45, 7) is 11.9. The summed E-state index contributed by atoms with van der Waals surface area (Å²) in [7, 11) is 0. The van der Waals surface area contributed by atoms with Crippen LogP contribution in [0, 0.1) is 13.8 Å². The molecular weight excluding hydrogens is 316 g/mol. The van der Waals surface area contributed by atoms with E-state index in [1.165, 1.54) is 44.4 Å². The predicted molar refractivity (Wildman–Crippen MR) is 114 cm³/mol. The van der Waals surface area contributed by atoms with E-state index in [1.54, 1.807) is 0 Å². The van der Waals surface area contributed by atoms with Gasteiger partial charge in [-0.2, -0.15) is 0 Å². The number of rotatable bonds is 5. The van der Waals surface area contributed by atoms with Crippen LogP contribution in [0.15, 0.2) is 36.4 Å². The molecule has 0 aliphatic carbocycles. The van der Waals surface area contributed by atoms with Crippen LogP contribution in [-0.2, 0) is 11.8 Å². The Morgan fingerprint density at radius 2 is 1.62 bits per heavy atom. The number of hydrogen-bond donors (Lipinski definition) is 2. The van der Waals surface area contributed by atoms with Gasteiger partial charge in [0.15, 0.2) is 0 Å². The third-order valence-electron chi connectivity index (χ3n) is 5.53. The van der Waals surface area contributed by atoms with Crippen molar-refractivity contribution < 1.29 is 0 Å². The first-order chi connectivity index (χ1) is 12.3. The summed E-state index contributed by atoms with van der Waals surface area (Å²) in [6, 6.07) is 13.6. The Morgan fingerprint density at radius 3 is 2.23 bits per heavy atom. The Bertz CT molecular complexity index is 893. The molecule has 3 N–H and O–H groups in total. The third kappa shape index (κ3) is 3.57. The molecular formula is C24H32N2. The Morgan fingerprint density at radius 1 is 0.923 bits per heavy atom. The second-order valence-corrected chi connectivity index (χ2v) is 8.48. The summed E-state index contributed by atoms with van der Waals surface area (Å²) < 4.78 is 0. The fourth-order valence-corrected chi connectivity index (χ4v) is 3.65. The van der Waals surface area contributed by atoms with E-state index in [4.69, 9.17) is 5.73 Å². The van der Waals surface area contributed by atoms with Crippen LogP contribution in [0.2, 0.25) is 0 Å². The highest BCUT2D eigenvalue weighted by Crippen LogP contribution is 2.35. The van der Waals surface area contributed by atoms with E-state index in [1.807, 2.05) is 0 Å². The number of aromatic nitrogens is 1. The summed E-state index contributed by atoms with van der Waals surface area (Å²) >= 11 is 0. The molecule has 0 bridgehead atoms. The van der Waals surface area contributed by atoms with Gasteiger partial charge in [-0.3, -0.25) is 0 Å². The lowest BCUT2D eigenvalue weighted by Crippen LogP contribution is -2.10. The molecule has 138 valence electrons. The van der Waals surface area contributed by atoms with Gasteiger partial charge in [0.25, 0.3) is 0 Å². The van der Waals surface area contributed by atoms with Crippen LogP contribution >= 0.6 is 0 Å². The minimum atomic E-state index is 0.177. The van der Waals surface area contributed by atoms with E-state index in [-0.39, 0.29) is 5.41 Å². The van der Waals surface area contributed by atoms with Crippen molar-refractivity contribution >= 4 is 10.9 Å². The van der Waals surface area contributed by atoms with Gasteiger partial charge in [0, 0.05) is 16.6 Å².